The van der Waals surface area contributed by atoms with Gasteiger partial charge in [-0.1, -0.05) is 12.5 Å². The van der Waals surface area contributed by atoms with Gasteiger partial charge < -0.3 is 14.6 Å². The lowest BCUT2D eigenvalue weighted by Crippen LogP contribution is -2.39. The lowest BCUT2D eigenvalue weighted by molar-refractivity contribution is 0.0949. The normalized spacial score (nSPS) is 19.0. The van der Waals surface area contributed by atoms with Crippen LogP contribution in [0, 0.1) is 6.92 Å². The number of likely N-dealkylation sites (tertiary alicyclic amines) is 1. The van der Waals surface area contributed by atoms with Crippen LogP contribution in [0.1, 0.15) is 73.3 Å². The van der Waals surface area contributed by atoms with Crippen molar-refractivity contribution in [2.45, 2.75) is 64.3 Å². The first kappa shape index (κ1) is 21.8. The van der Waals surface area contributed by atoms with Crippen molar-refractivity contribution in [1.82, 2.24) is 30.2 Å². The highest BCUT2D eigenvalue weighted by Crippen LogP contribution is 2.42. The summed E-state index contributed by atoms with van der Waals surface area (Å²) in [7, 11) is 0. The van der Waals surface area contributed by atoms with E-state index < -0.39 is 0 Å². The van der Waals surface area contributed by atoms with Crippen molar-refractivity contribution in [3.05, 3.63) is 47.5 Å². The third kappa shape index (κ3) is 5.00. The summed E-state index contributed by atoms with van der Waals surface area (Å²) in [5.74, 6) is 1.37. The molecule has 1 aromatic carbocycles. The molecule has 8 heteroatoms. The van der Waals surface area contributed by atoms with Crippen LogP contribution in [0.3, 0.4) is 0 Å². The number of carbonyl (C=O) groups is 1. The molecule has 1 aliphatic heterocycles. The van der Waals surface area contributed by atoms with Crippen LogP contribution in [0.25, 0.3) is 17.3 Å². The number of amides is 1. The Labute approximate surface area is 194 Å². The molecule has 174 valence electrons. The van der Waals surface area contributed by atoms with Crippen molar-refractivity contribution in [1.29, 1.82) is 0 Å². The van der Waals surface area contributed by atoms with E-state index in [1.807, 2.05) is 35.0 Å². The van der Waals surface area contributed by atoms with Gasteiger partial charge in [-0.15, -0.1) is 10.2 Å². The number of aromatic nitrogens is 4. The van der Waals surface area contributed by atoms with Crippen LogP contribution in [0.2, 0.25) is 0 Å². The smallest absolute Gasteiger partial charge is 0.268 e. The topological polar surface area (TPSA) is 89.1 Å². The monoisotopic (exact) mass is 448 g/mol. The Morgan fingerprint density at radius 2 is 2.06 bits per heavy atom. The van der Waals surface area contributed by atoms with Crippen molar-refractivity contribution >= 4 is 5.91 Å². The number of nitrogens with zero attached hydrogens (tertiary/aromatic N) is 5. The summed E-state index contributed by atoms with van der Waals surface area (Å²) in [6.07, 6.45) is 7.15. The molecule has 0 bridgehead atoms. The van der Waals surface area contributed by atoms with Gasteiger partial charge >= 0.3 is 0 Å². The predicted octanol–water partition coefficient (Wildman–Crippen LogP) is 4.10. The molecular formula is C25H32N6O2. The van der Waals surface area contributed by atoms with Crippen molar-refractivity contribution in [2.75, 3.05) is 19.6 Å². The maximum Gasteiger partial charge on any atom is 0.268 e. The van der Waals surface area contributed by atoms with Gasteiger partial charge in [0.25, 0.3) is 11.8 Å². The van der Waals surface area contributed by atoms with Gasteiger partial charge in [-0.05, 0) is 69.8 Å². The average molecular weight is 449 g/mol. The second-order valence-corrected chi connectivity index (χ2v) is 9.31. The molecule has 33 heavy (non-hydrogen) atoms. The van der Waals surface area contributed by atoms with Gasteiger partial charge in [-0.2, -0.15) is 5.10 Å². The fourth-order valence-electron chi connectivity index (χ4n) is 4.63. The van der Waals surface area contributed by atoms with Gasteiger partial charge in [0.05, 0.1) is 5.69 Å². The maximum atomic E-state index is 12.8. The molecule has 3 aromatic rings. The molecule has 0 spiro atoms. The molecule has 0 radical (unpaired) electrons. The standard InChI is InChI=1S/C25H32N6O2/c1-17-7-3-4-13-30(17)14-6-12-26-24(32)20-8-5-9-21(15-20)31-23(19-10-11-19)16-22(29-31)25-28-27-18(2)33-25/h5,8-9,15-17,19H,3-4,6-7,10-14H2,1-2H3,(H,26,32)/t17-/m0/s1. The Balaban J connectivity index is 1.26. The van der Waals surface area contributed by atoms with Gasteiger partial charge in [0, 0.05) is 43.2 Å². The maximum absolute atomic E-state index is 12.8. The second-order valence-electron chi connectivity index (χ2n) is 9.31. The summed E-state index contributed by atoms with van der Waals surface area (Å²) < 4.78 is 7.49. The van der Waals surface area contributed by atoms with Gasteiger partial charge in [-0.25, -0.2) is 4.68 Å². The molecule has 1 saturated heterocycles. The predicted molar refractivity (Wildman–Crippen MR) is 125 cm³/mol. The Morgan fingerprint density at radius 3 is 2.82 bits per heavy atom. The molecule has 2 fully saturated rings. The van der Waals surface area contributed by atoms with Crippen LogP contribution >= 0.6 is 0 Å². The quantitative estimate of drug-likeness (QED) is 0.522. The molecule has 5 rings (SSSR count). The molecule has 1 aliphatic carbocycles. The van der Waals surface area contributed by atoms with E-state index in [-0.39, 0.29) is 5.91 Å². The lowest BCUT2D eigenvalue weighted by atomic mass is 10.0. The van der Waals surface area contributed by atoms with Gasteiger partial charge in [0.2, 0.25) is 5.89 Å². The molecule has 0 unspecified atom stereocenters. The summed E-state index contributed by atoms with van der Waals surface area (Å²) in [4.78, 5) is 15.4. The number of hydrogen-bond acceptors (Lipinski definition) is 6. The zero-order chi connectivity index (χ0) is 22.8. The van der Waals surface area contributed by atoms with E-state index in [2.05, 4.69) is 27.3 Å². The Morgan fingerprint density at radius 1 is 1.18 bits per heavy atom. The SMILES string of the molecule is Cc1nnc(-c2cc(C3CC3)n(-c3cccc(C(=O)NCCCN4CCCC[C@@H]4C)c3)n2)o1. The van der Waals surface area contributed by atoms with Crippen LogP contribution < -0.4 is 5.32 Å². The van der Waals surface area contributed by atoms with E-state index in [4.69, 9.17) is 9.52 Å². The van der Waals surface area contributed by atoms with Crippen LogP contribution in [-0.2, 0) is 0 Å². The molecule has 3 heterocycles. The molecule has 1 atom stereocenters. The number of hydrogen-bond donors (Lipinski definition) is 1. The molecule has 1 N–H and O–H groups in total. The largest absolute Gasteiger partial charge is 0.420 e. The highest BCUT2D eigenvalue weighted by atomic mass is 16.4. The van der Waals surface area contributed by atoms with E-state index in [1.165, 1.54) is 25.8 Å². The minimum atomic E-state index is -0.0450. The van der Waals surface area contributed by atoms with E-state index in [0.29, 0.717) is 41.5 Å². The summed E-state index contributed by atoms with van der Waals surface area (Å²) in [6.45, 7) is 6.97. The highest BCUT2D eigenvalue weighted by Gasteiger charge is 2.30. The highest BCUT2D eigenvalue weighted by molar-refractivity contribution is 5.94. The number of nitrogens with one attached hydrogen (secondary N) is 1. The van der Waals surface area contributed by atoms with Crippen molar-refractivity contribution in [2.24, 2.45) is 0 Å². The summed E-state index contributed by atoms with van der Waals surface area (Å²) >= 11 is 0. The minimum absolute atomic E-state index is 0.0450. The zero-order valence-electron chi connectivity index (χ0n) is 19.5. The number of rotatable bonds is 8. The van der Waals surface area contributed by atoms with Crippen LogP contribution in [-0.4, -0.2) is 56.5 Å². The Kier molecular flexibility index (Phi) is 6.26. The summed E-state index contributed by atoms with van der Waals surface area (Å²) in [6, 6.07) is 10.3. The first-order valence-corrected chi connectivity index (χ1v) is 12.1. The van der Waals surface area contributed by atoms with Crippen LogP contribution in [0.5, 0.6) is 0 Å². The zero-order valence-corrected chi connectivity index (χ0v) is 19.5. The average Bonchev–Trinajstić information content (AvgIpc) is 3.42. The van der Waals surface area contributed by atoms with Crippen LogP contribution in [0.15, 0.2) is 34.7 Å². The summed E-state index contributed by atoms with van der Waals surface area (Å²) in [5, 5.41) is 15.9. The second kappa shape index (κ2) is 9.47. The Hall–Kier alpha value is -3.00. The third-order valence-corrected chi connectivity index (χ3v) is 6.68. The van der Waals surface area contributed by atoms with Gasteiger partial charge in [0.15, 0.2) is 0 Å². The minimum Gasteiger partial charge on any atom is -0.420 e. The lowest BCUT2D eigenvalue weighted by Gasteiger charge is -2.33. The number of piperidine rings is 1. The molecular weight excluding hydrogens is 416 g/mol. The van der Waals surface area contributed by atoms with Crippen molar-refractivity contribution in [3.63, 3.8) is 0 Å². The first-order valence-electron chi connectivity index (χ1n) is 12.1. The van der Waals surface area contributed by atoms with Gasteiger partial charge in [0.1, 0.15) is 5.69 Å². The Bertz CT molecular complexity index is 1120. The fourth-order valence-corrected chi connectivity index (χ4v) is 4.63. The molecule has 2 aromatic heterocycles. The first-order chi connectivity index (χ1) is 16.1. The van der Waals surface area contributed by atoms with Crippen molar-refractivity contribution in [3.8, 4) is 17.3 Å². The van der Waals surface area contributed by atoms with E-state index in [9.17, 15) is 4.79 Å². The van der Waals surface area contributed by atoms with E-state index in [1.54, 1.807) is 6.92 Å². The molecule has 8 nitrogen and oxygen atoms in total. The molecule has 2 aliphatic rings. The van der Waals surface area contributed by atoms with E-state index >= 15 is 0 Å². The third-order valence-electron chi connectivity index (χ3n) is 6.68. The van der Waals surface area contributed by atoms with Gasteiger partial charge in [-0.3, -0.25) is 4.79 Å². The van der Waals surface area contributed by atoms with Crippen molar-refractivity contribution < 1.29 is 9.21 Å². The van der Waals surface area contributed by atoms with Crippen LogP contribution in [0.4, 0.5) is 0 Å². The summed E-state index contributed by atoms with van der Waals surface area (Å²) in [5.41, 5.74) is 3.30. The number of benzene rings is 1. The molecule has 1 saturated carbocycles. The van der Waals surface area contributed by atoms with E-state index in [0.717, 1.165) is 37.2 Å². The fraction of sp³-hybridized carbons (Fsp3) is 0.520. The number of aryl methyl sites for hydroxylation is 1. The molecule has 1 amide bonds. The number of carbonyl (C=O) groups excluding carboxylic acids is 1.